The molecule has 0 aliphatic carbocycles. The van der Waals surface area contributed by atoms with Gasteiger partial charge in [-0.2, -0.15) is 0 Å². The Morgan fingerprint density at radius 1 is 1.05 bits per heavy atom. The first-order valence-corrected chi connectivity index (χ1v) is 6.34. The molecule has 1 rings (SSSR count). The molecule has 0 spiro atoms. The van der Waals surface area contributed by atoms with Crippen LogP contribution in [0.4, 0.5) is 0 Å². The maximum atomic E-state index is 12.2. The molecule has 0 unspecified atom stereocenters. The third-order valence-electron chi connectivity index (χ3n) is 2.70. The predicted molar refractivity (Wildman–Crippen MR) is 81.5 cm³/mol. The van der Waals surface area contributed by atoms with Gasteiger partial charge in [0.25, 0.3) is 0 Å². The van der Waals surface area contributed by atoms with Gasteiger partial charge in [0, 0.05) is 0 Å². The summed E-state index contributed by atoms with van der Waals surface area (Å²) in [4.78, 5) is 48.1. The van der Waals surface area contributed by atoms with Gasteiger partial charge in [0.2, 0.25) is 5.91 Å². The molecular formula is C14H16N4O4. The minimum Gasteiger partial charge on any atom is -0.344 e. The van der Waals surface area contributed by atoms with Crippen LogP contribution in [-0.4, -0.2) is 26.2 Å². The number of nitrogens with zero attached hydrogens (tertiary/aromatic N) is 3. The second kappa shape index (κ2) is 7.64. The highest BCUT2D eigenvalue weighted by Gasteiger charge is 2.16. The Bertz CT molecular complexity index is 756. The fraction of sp³-hybridized carbons (Fsp3) is 0.286. The van der Waals surface area contributed by atoms with Crippen LogP contribution in [-0.2, 0) is 24.4 Å². The lowest BCUT2D eigenvalue weighted by Gasteiger charge is -2.11. The quantitative estimate of drug-likeness (QED) is 0.479. The standard InChI is InChI=1S/C14H16N4O4/c1-4-7-15-11(19)10-18-13(21)16(8-5-2)12(20)17(9-6-3)14(18)22/h1,5-6H,2-3,7-10H2,(H,15,19). The second-order valence-electron chi connectivity index (χ2n) is 4.21. The minimum atomic E-state index is -0.883. The Balaban J connectivity index is 3.47. The lowest BCUT2D eigenvalue weighted by Crippen LogP contribution is -2.55. The normalized spacial score (nSPS) is 9.77. The van der Waals surface area contributed by atoms with E-state index >= 15 is 0 Å². The van der Waals surface area contributed by atoms with Gasteiger partial charge in [-0.15, -0.1) is 19.6 Å². The Hall–Kier alpha value is -3.08. The maximum Gasteiger partial charge on any atom is 0.337 e. The van der Waals surface area contributed by atoms with Gasteiger partial charge in [-0.1, -0.05) is 18.1 Å². The first-order valence-electron chi connectivity index (χ1n) is 6.34. The Labute approximate surface area is 126 Å². The molecule has 0 atom stereocenters. The molecule has 0 bridgehead atoms. The average Bonchev–Trinajstić information content (AvgIpc) is 2.50. The van der Waals surface area contributed by atoms with Gasteiger partial charge in [0.05, 0.1) is 19.6 Å². The van der Waals surface area contributed by atoms with Crippen LogP contribution in [0.3, 0.4) is 0 Å². The monoisotopic (exact) mass is 304 g/mol. The number of hydrogen-bond acceptors (Lipinski definition) is 4. The molecule has 0 saturated carbocycles. The molecule has 1 aromatic heterocycles. The van der Waals surface area contributed by atoms with Gasteiger partial charge in [0.1, 0.15) is 6.54 Å². The molecule has 1 aromatic rings. The molecule has 8 heteroatoms. The van der Waals surface area contributed by atoms with Crippen LogP contribution in [0.25, 0.3) is 0 Å². The zero-order valence-corrected chi connectivity index (χ0v) is 11.9. The van der Waals surface area contributed by atoms with Crippen molar-refractivity contribution in [1.29, 1.82) is 0 Å². The molecule has 0 aromatic carbocycles. The fourth-order valence-corrected chi connectivity index (χ4v) is 1.74. The summed E-state index contributed by atoms with van der Waals surface area (Å²) in [6.45, 7) is 6.18. The molecule has 0 fully saturated rings. The number of allylic oxidation sites excluding steroid dienone is 2. The number of nitrogens with one attached hydrogen (secondary N) is 1. The van der Waals surface area contributed by atoms with Gasteiger partial charge >= 0.3 is 17.1 Å². The van der Waals surface area contributed by atoms with E-state index < -0.39 is 29.5 Å². The number of terminal acetylenes is 1. The van der Waals surface area contributed by atoms with E-state index in [-0.39, 0.29) is 19.6 Å². The Morgan fingerprint density at radius 3 is 1.91 bits per heavy atom. The van der Waals surface area contributed by atoms with Crippen LogP contribution < -0.4 is 22.4 Å². The van der Waals surface area contributed by atoms with Gasteiger partial charge < -0.3 is 5.32 Å². The topological polar surface area (TPSA) is 95.1 Å². The predicted octanol–water partition coefficient (Wildman–Crippen LogP) is -1.71. The SMILES string of the molecule is C#CCNC(=O)Cn1c(=O)n(CC=C)c(=O)n(CC=C)c1=O. The molecule has 1 heterocycles. The van der Waals surface area contributed by atoms with Crippen molar-refractivity contribution >= 4 is 5.91 Å². The zero-order valence-electron chi connectivity index (χ0n) is 11.9. The van der Waals surface area contributed by atoms with Crippen LogP contribution in [0.5, 0.6) is 0 Å². The molecule has 0 aliphatic rings. The molecule has 8 nitrogen and oxygen atoms in total. The third kappa shape index (κ3) is 3.52. The third-order valence-corrected chi connectivity index (χ3v) is 2.70. The van der Waals surface area contributed by atoms with E-state index in [0.29, 0.717) is 4.57 Å². The van der Waals surface area contributed by atoms with Crippen molar-refractivity contribution in [3.8, 4) is 12.3 Å². The number of hydrogen-bond donors (Lipinski definition) is 1. The van der Waals surface area contributed by atoms with E-state index in [1.165, 1.54) is 12.2 Å². The van der Waals surface area contributed by atoms with Gasteiger partial charge in [-0.3, -0.25) is 4.79 Å². The molecule has 0 aliphatic heterocycles. The van der Waals surface area contributed by atoms with Crippen molar-refractivity contribution in [2.45, 2.75) is 19.6 Å². The molecule has 0 radical (unpaired) electrons. The van der Waals surface area contributed by atoms with E-state index in [1.54, 1.807) is 0 Å². The number of carbonyl (C=O) groups is 1. The highest BCUT2D eigenvalue weighted by Crippen LogP contribution is 1.80. The number of amides is 1. The average molecular weight is 304 g/mol. The number of aromatic nitrogens is 3. The first-order chi connectivity index (χ1) is 10.5. The molecule has 1 N–H and O–H groups in total. The Kier molecular flexibility index (Phi) is 5.89. The molecule has 116 valence electrons. The summed E-state index contributed by atoms with van der Waals surface area (Å²) in [5, 5.41) is 2.34. The van der Waals surface area contributed by atoms with E-state index in [0.717, 1.165) is 9.13 Å². The zero-order chi connectivity index (χ0) is 16.7. The summed E-state index contributed by atoms with van der Waals surface area (Å²) in [6, 6.07) is 0. The second-order valence-corrected chi connectivity index (χ2v) is 4.21. The summed E-state index contributed by atoms with van der Waals surface area (Å²) in [5.41, 5.74) is -2.55. The minimum absolute atomic E-state index is 0.0271. The van der Waals surface area contributed by atoms with Crippen LogP contribution in [0.1, 0.15) is 0 Å². The summed E-state index contributed by atoms with van der Waals surface area (Å²) in [7, 11) is 0. The largest absolute Gasteiger partial charge is 0.344 e. The summed E-state index contributed by atoms with van der Waals surface area (Å²) in [6.07, 6.45) is 7.69. The molecule has 22 heavy (non-hydrogen) atoms. The van der Waals surface area contributed by atoms with E-state index in [1.807, 2.05) is 0 Å². The molecule has 1 amide bonds. The van der Waals surface area contributed by atoms with Gasteiger partial charge in [-0.25, -0.2) is 28.1 Å². The van der Waals surface area contributed by atoms with E-state index in [2.05, 4.69) is 24.4 Å². The number of rotatable bonds is 7. The van der Waals surface area contributed by atoms with Crippen molar-refractivity contribution in [1.82, 2.24) is 19.0 Å². The van der Waals surface area contributed by atoms with Gasteiger partial charge in [0.15, 0.2) is 0 Å². The van der Waals surface area contributed by atoms with Crippen molar-refractivity contribution in [3.05, 3.63) is 56.8 Å². The Morgan fingerprint density at radius 2 is 1.50 bits per heavy atom. The lowest BCUT2D eigenvalue weighted by molar-refractivity contribution is -0.121. The highest BCUT2D eigenvalue weighted by atomic mass is 16.2. The lowest BCUT2D eigenvalue weighted by atomic mass is 10.5. The summed E-state index contributed by atoms with van der Waals surface area (Å²) < 4.78 is 2.29. The highest BCUT2D eigenvalue weighted by molar-refractivity contribution is 5.75. The van der Waals surface area contributed by atoms with E-state index in [4.69, 9.17) is 6.42 Å². The van der Waals surface area contributed by atoms with Crippen molar-refractivity contribution < 1.29 is 4.79 Å². The van der Waals surface area contributed by atoms with Gasteiger partial charge in [-0.05, 0) is 0 Å². The van der Waals surface area contributed by atoms with Crippen LogP contribution in [0, 0.1) is 12.3 Å². The van der Waals surface area contributed by atoms with Crippen molar-refractivity contribution in [2.75, 3.05) is 6.54 Å². The van der Waals surface area contributed by atoms with Crippen LogP contribution in [0.15, 0.2) is 39.7 Å². The van der Waals surface area contributed by atoms with Crippen LogP contribution in [0.2, 0.25) is 0 Å². The maximum absolute atomic E-state index is 12.2. The fourth-order valence-electron chi connectivity index (χ4n) is 1.74. The molecular weight excluding hydrogens is 288 g/mol. The smallest absolute Gasteiger partial charge is 0.337 e. The van der Waals surface area contributed by atoms with Crippen molar-refractivity contribution in [2.24, 2.45) is 0 Å². The van der Waals surface area contributed by atoms with Crippen LogP contribution >= 0.6 is 0 Å². The molecule has 0 saturated heterocycles. The number of carbonyl (C=O) groups excluding carboxylic acids is 1. The van der Waals surface area contributed by atoms with E-state index in [9.17, 15) is 19.2 Å². The van der Waals surface area contributed by atoms with Crippen molar-refractivity contribution in [3.63, 3.8) is 0 Å². The summed E-state index contributed by atoms with van der Waals surface area (Å²) in [5.74, 6) is 1.60. The first kappa shape index (κ1) is 17.0. The summed E-state index contributed by atoms with van der Waals surface area (Å²) >= 11 is 0.